The first-order valence-corrected chi connectivity index (χ1v) is 5.78. The fourth-order valence-electron chi connectivity index (χ4n) is 1.70. The van der Waals surface area contributed by atoms with Crippen molar-refractivity contribution in [2.24, 2.45) is 5.73 Å². The predicted octanol–water partition coefficient (Wildman–Crippen LogP) is 1.60. The van der Waals surface area contributed by atoms with Crippen molar-refractivity contribution in [1.29, 1.82) is 0 Å². The molecule has 0 bridgehead atoms. The number of carbonyl (C=O) groups excluding carboxylic acids is 1. The van der Waals surface area contributed by atoms with Gasteiger partial charge in [0.1, 0.15) is 6.04 Å². The Labute approximate surface area is 127 Å². The van der Waals surface area contributed by atoms with Crippen LogP contribution in [0.25, 0.3) is 0 Å². The van der Waals surface area contributed by atoms with Gasteiger partial charge in [0.2, 0.25) is 5.91 Å². The Bertz CT molecular complexity index is 360. The highest BCUT2D eigenvalue weighted by molar-refractivity contribution is 5.85. The lowest BCUT2D eigenvalue weighted by Gasteiger charge is -2.25. The van der Waals surface area contributed by atoms with Gasteiger partial charge in [-0.25, -0.2) is 0 Å². The van der Waals surface area contributed by atoms with Gasteiger partial charge in [0.15, 0.2) is 0 Å². The molecule has 0 radical (unpaired) electrons. The van der Waals surface area contributed by atoms with Crippen molar-refractivity contribution in [3.63, 3.8) is 0 Å². The Morgan fingerprint density at radius 3 is 2.21 bits per heavy atom. The van der Waals surface area contributed by atoms with Crippen LogP contribution in [0.15, 0.2) is 30.3 Å². The van der Waals surface area contributed by atoms with Crippen LogP contribution in [0.4, 0.5) is 0 Å². The van der Waals surface area contributed by atoms with Crippen molar-refractivity contribution in [1.82, 2.24) is 10.2 Å². The van der Waals surface area contributed by atoms with Gasteiger partial charge in [-0.2, -0.15) is 0 Å². The van der Waals surface area contributed by atoms with Gasteiger partial charge in [-0.3, -0.25) is 9.69 Å². The maximum atomic E-state index is 12.1. The molecule has 0 saturated heterocycles. The summed E-state index contributed by atoms with van der Waals surface area (Å²) in [6, 6.07) is 9.45. The molecule has 0 heterocycles. The number of hydrogen-bond acceptors (Lipinski definition) is 3. The monoisotopic (exact) mass is 307 g/mol. The zero-order valence-electron chi connectivity index (χ0n) is 11.5. The fraction of sp³-hybridized carbons (Fsp3) is 0.462. The standard InChI is InChI=1S/C13H21N3O.2ClH/c1-10(9-14)15-13(17)12(16(2)3)11-7-5-4-6-8-11;;/h4-8,10,12H,9,14H2,1-3H3,(H,15,17);2*1H/t10-,12?;;/m0../s1. The first kappa shape index (κ1) is 20.5. The van der Waals surface area contributed by atoms with E-state index in [4.69, 9.17) is 5.73 Å². The Hall–Kier alpha value is -0.810. The van der Waals surface area contributed by atoms with Gasteiger partial charge in [-0.05, 0) is 26.6 Å². The number of halogens is 2. The summed E-state index contributed by atoms with van der Waals surface area (Å²) in [4.78, 5) is 14.0. The van der Waals surface area contributed by atoms with Crippen LogP contribution in [-0.2, 0) is 4.79 Å². The van der Waals surface area contributed by atoms with E-state index in [1.807, 2.05) is 56.3 Å². The SMILES string of the molecule is C[C@@H](CN)NC(=O)C(c1ccccc1)N(C)C.Cl.Cl. The maximum Gasteiger partial charge on any atom is 0.242 e. The van der Waals surface area contributed by atoms with Crippen LogP contribution >= 0.6 is 24.8 Å². The average Bonchev–Trinajstić information content (AvgIpc) is 2.29. The van der Waals surface area contributed by atoms with Gasteiger partial charge in [0.05, 0.1) is 0 Å². The molecule has 0 saturated carbocycles. The zero-order chi connectivity index (χ0) is 12.8. The van der Waals surface area contributed by atoms with Crippen molar-refractivity contribution >= 4 is 30.7 Å². The summed E-state index contributed by atoms with van der Waals surface area (Å²) < 4.78 is 0. The summed E-state index contributed by atoms with van der Waals surface area (Å²) in [7, 11) is 3.79. The van der Waals surface area contributed by atoms with E-state index >= 15 is 0 Å². The highest BCUT2D eigenvalue weighted by Crippen LogP contribution is 2.17. The number of benzene rings is 1. The van der Waals surface area contributed by atoms with Gasteiger partial charge in [0, 0.05) is 12.6 Å². The van der Waals surface area contributed by atoms with E-state index in [2.05, 4.69) is 5.32 Å². The van der Waals surface area contributed by atoms with Gasteiger partial charge in [-0.15, -0.1) is 24.8 Å². The van der Waals surface area contributed by atoms with Crippen molar-refractivity contribution < 1.29 is 4.79 Å². The molecule has 0 aliphatic rings. The van der Waals surface area contributed by atoms with Crippen molar-refractivity contribution in [2.75, 3.05) is 20.6 Å². The van der Waals surface area contributed by atoms with Crippen LogP contribution in [0.5, 0.6) is 0 Å². The molecule has 1 aromatic rings. The van der Waals surface area contributed by atoms with Crippen molar-refractivity contribution in [3.8, 4) is 0 Å². The molecule has 0 aromatic heterocycles. The first-order valence-electron chi connectivity index (χ1n) is 5.78. The summed E-state index contributed by atoms with van der Waals surface area (Å²) in [6.45, 7) is 2.34. The Morgan fingerprint density at radius 2 is 1.79 bits per heavy atom. The molecular formula is C13H23Cl2N3O. The molecule has 1 unspecified atom stereocenters. The first-order chi connectivity index (χ1) is 8.06. The summed E-state index contributed by atoms with van der Waals surface area (Å²) in [5, 5.41) is 2.90. The lowest BCUT2D eigenvalue weighted by atomic mass is 10.1. The van der Waals surface area contributed by atoms with Crippen molar-refractivity contribution in [3.05, 3.63) is 35.9 Å². The minimum absolute atomic E-state index is 0. The minimum Gasteiger partial charge on any atom is -0.351 e. The number of nitrogens with two attached hydrogens (primary N) is 1. The molecule has 6 heteroatoms. The molecule has 0 aliphatic carbocycles. The van der Waals surface area contributed by atoms with Gasteiger partial charge in [-0.1, -0.05) is 30.3 Å². The molecular weight excluding hydrogens is 285 g/mol. The van der Waals surface area contributed by atoms with Gasteiger partial charge >= 0.3 is 0 Å². The molecule has 4 nitrogen and oxygen atoms in total. The number of likely N-dealkylation sites (N-methyl/N-ethyl adjacent to an activating group) is 1. The number of hydrogen-bond donors (Lipinski definition) is 2. The fourth-order valence-corrected chi connectivity index (χ4v) is 1.70. The predicted molar refractivity (Wildman–Crippen MR) is 84.0 cm³/mol. The molecule has 0 aliphatic heterocycles. The Balaban J connectivity index is 0. The van der Waals surface area contributed by atoms with E-state index in [1.165, 1.54) is 0 Å². The zero-order valence-corrected chi connectivity index (χ0v) is 13.1. The number of nitrogens with one attached hydrogen (secondary N) is 1. The van der Waals surface area contributed by atoms with Crippen LogP contribution in [-0.4, -0.2) is 37.5 Å². The molecule has 3 N–H and O–H groups in total. The molecule has 19 heavy (non-hydrogen) atoms. The summed E-state index contributed by atoms with van der Waals surface area (Å²) in [5.41, 5.74) is 6.49. The summed E-state index contributed by atoms with van der Waals surface area (Å²) in [5.74, 6) is -0.0147. The number of rotatable bonds is 5. The van der Waals surface area contributed by atoms with E-state index < -0.39 is 0 Å². The second kappa shape index (κ2) is 10.0. The third-order valence-corrected chi connectivity index (χ3v) is 2.62. The van der Waals surface area contributed by atoms with E-state index in [0.717, 1.165) is 5.56 Å². The molecule has 1 amide bonds. The van der Waals surface area contributed by atoms with Crippen LogP contribution in [0.3, 0.4) is 0 Å². The largest absolute Gasteiger partial charge is 0.351 e. The van der Waals surface area contributed by atoms with E-state index in [9.17, 15) is 4.79 Å². The molecule has 110 valence electrons. The highest BCUT2D eigenvalue weighted by Gasteiger charge is 2.23. The van der Waals surface area contributed by atoms with E-state index in [0.29, 0.717) is 6.54 Å². The number of carbonyl (C=O) groups is 1. The van der Waals surface area contributed by atoms with Crippen LogP contribution in [0, 0.1) is 0 Å². The lowest BCUT2D eigenvalue weighted by Crippen LogP contribution is -2.44. The topological polar surface area (TPSA) is 58.4 Å². The second-order valence-corrected chi connectivity index (χ2v) is 4.42. The smallest absolute Gasteiger partial charge is 0.242 e. The van der Waals surface area contributed by atoms with Gasteiger partial charge < -0.3 is 11.1 Å². The summed E-state index contributed by atoms with van der Waals surface area (Å²) >= 11 is 0. The van der Waals surface area contributed by atoms with Gasteiger partial charge in [0.25, 0.3) is 0 Å². The maximum absolute atomic E-state index is 12.1. The second-order valence-electron chi connectivity index (χ2n) is 4.42. The van der Waals surface area contributed by atoms with Crippen LogP contribution in [0.2, 0.25) is 0 Å². The molecule has 1 rings (SSSR count). The summed E-state index contributed by atoms with van der Waals surface area (Å²) in [6.07, 6.45) is 0. The quantitative estimate of drug-likeness (QED) is 0.868. The van der Waals surface area contributed by atoms with E-state index in [1.54, 1.807) is 0 Å². The minimum atomic E-state index is -0.273. The normalized spacial score (nSPS) is 12.9. The number of nitrogens with zero attached hydrogens (tertiary/aromatic N) is 1. The highest BCUT2D eigenvalue weighted by atomic mass is 35.5. The lowest BCUT2D eigenvalue weighted by molar-refractivity contribution is -0.126. The average molecular weight is 308 g/mol. The third-order valence-electron chi connectivity index (χ3n) is 2.62. The van der Waals surface area contributed by atoms with Crippen LogP contribution in [0.1, 0.15) is 18.5 Å². The molecule has 1 aromatic carbocycles. The number of amides is 1. The Morgan fingerprint density at radius 1 is 1.26 bits per heavy atom. The molecule has 0 fully saturated rings. The van der Waals surface area contributed by atoms with Crippen molar-refractivity contribution in [2.45, 2.75) is 19.0 Å². The van der Waals surface area contributed by atoms with E-state index in [-0.39, 0.29) is 42.8 Å². The van der Waals surface area contributed by atoms with Crippen LogP contribution < -0.4 is 11.1 Å². The Kier molecular flexibility index (Phi) is 10.8. The third kappa shape index (κ3) is 6.25. The molecule has 0 spiro atoms. The molecule has 2 atom stereocenters.